The Labute approximate surface area is 131 Å². The molecule has 2 aromatic rings. The van der Waals surface area contributed by atoms with Gasteiger partial charge in [0, 0.05) is 12.1 Å². The summed E-state index contributed by atoms with van der Waals surface area (Å²) in [5, 5.41) is 3.30. The first-order valence-corrected chi connectivity index (χ1v) is 7.46. The number of hydrogen-bond donors (Lipinski definition) is 1. The van der Waals surface area contributed by atoms with Crippen molar-refractivity contribution in [1.82, 2.24) is 5.32 Å². The summed E-state index contributed by atoms with van der Waals surface area (Å²) in [6, 6.07) is 8.85. The molecule has 0 radical (unpaired) electrons. The van der Waals surface area contributed by atoms with E-state index in [4.69, 9.17) is 4.74 Å². The number of ether oxygens (including phenoxy) is 1. The summed E-state index contributed by atoms with van der Waals surface area (Å²) in [4.78, 5) is 0. The fraction of sp³-hybridized carbons (Fsp3) is 0.250. The van der Waals surface area contributed by atoms with Crippen LogP contribution in [0.5, 0.6) is 11.5 Å². The molecule has 1 N–H and O–H groups in total. The number of hydrogen-bond acceptors (Lipinski definition) is 2. The highest BCUT2D eigenvalue weighted by Crippen LogP contribution is 2.33. The van der Waals surface area contributed by atoms with Crippen LogP contribution in [0.3, 0.4) is 0 Å². The van der Waals surface area contributed by atoms with E-state index >= 15 is 0 Å². The quantitative estimate of drug-likeness (QED) is 0.796. The van der Waals surface area contributed by atoms with E-state index in [0.717, 1.165) is 30.3 Å². The first-order chi connectivity index (χ1) is 10.0. The van der Waals surface area contributed by atoms with Crippen molar-refractivity contribution in [3.63, 3.8) is 0 Å². The van der Waals surface area contributed by atoms with Crippen LogP contribution in [0.2, 0.25) is 0 Å². The fourth-order valence-electron chi connectivity index (χ4n) is 1.97. The van der Waals surface area contributed by atoms with Crippen LogP contribution in [0.15, 0.2) is 40.9 Å². The van der Waals surface area contributed by atoms with Crippen molar-refractivity contribution in [1.29, 1.82) is 0 Å². The van der Waals surface area contributed by atoms with E-state index in [1.807, 2.05) is 19.1 Å². The molecule has 0 aliphatic rings. The number of nitrogens with one attached hydrogen (secondary N) is 1. The number of halogens is 3. The maximum Gasteiger partial charge on any atom is 0.166 e. The van der Waals surface area contributed by atoms with Crippen molar-refractivity contribution < 1.29 is 13.5 Å². The third kappa shape index (κ3) is 4.02. The molecule has 0 amide bonds. The Morgan fingerprint density at radius 3 is 2.57 bits per heavy atom. The van der Waals surface area contributed by atoms with E-state index in [1.165, 1.54) is 0 Å². The van der Waals surface area contributed by atoms with Crippen molar-refractivity contribution in [2.24, 2.45) is 0 Å². The third-order valence-electron chi connectivity index (χ3n) is 3.08. The monoisotopic (exact) mass is 355 g/mol. The van der Waals surface area contributed by atoms with Gasteiger partial charge < -0.3 is 10.1 Å². The second-order valence-corrected chi connectivity index (χ2v) is 5.50. The molecule has 0 aromatic heterocycles. The molecule has 0 saturated heterocycles. The molecule has 0 heterocycles. The fourth-order valence-corrected chi connectivity index (χ4v) is 2.44. The summed E-state index contributed by atoms with van der Waals surface area (Å²) < 4.78 is 32.8. The first-order valence-electron chi connectivity index (χ1n) is 6.67. The van der Waals surface area contributed by atoms with Gasteiger partial charge in [-0.2, -0.15) is 0 Å². The minimum Gasteiger partial charge on any atom is -0.453 e. The molecule has 0 aliphatic heterocycles. The maximum atomic E-state index is 13.6. The molecule has 0 saturated carbocycles. The van der Waals surface area contributed by atoms with Gasteiger partial charge in [-0.25, -0.2) is 8.78 Å². The lowest BCUT2D eigenvalue weighted by molar-refractivity contribution is 0.434. The van der Waals surface area contributed by atoms with Crippen LogP contribution in [0.4, 0.5) is 8.78 Å². The Hall–Kier alpha value is -1.46. The SMILES string of the molecule is CCNC(C)c1ccc(Oc2cc(F)ccc2F)c(Br)c1. The van der Waals surface area contributed by atoms with E-state index in [-0.39, 0.29) is 11.8 Å². The highest BCUT2D eigenvalue weighted by atomic mass is 79.9. The molecule has 112 valence electrons. The lowest BCUT2D eigenvalue weighted by Crippen LogP contribution is -2.17. The Balaban J connectivity index is 2.23. The summed E-state index contributed by atoms with van der Waals surface area (Å²) in [7, 11) is 0. The zero-order valence-corrected chi connectivity index (χ0v) is 13.4. The van der Waals surface area contributed by atoms with Crippen LogP contribution in [0, 0.1) is 11.6 Å². The minimum absolute atomic E-state index is 0.136. The van der Waals surface area contributed by atoms with Crippen LogP contribution in [0.25, 0.3) is 0 Å². The summed E-state index contributed by atoms with van der Waals surface area (Å²) >= 11 is 3.40. The van der Waals surface area contributed by atoms with Gasteiger partial charge in [-0.15, -0.1) is 0 Å². The van der Waals surface area contributed by atoms with Crippen molar-refractivity contribution in [2.45, 2.75) is 19.9 Å². The second-order valence-electron chi connectivity index (χ2n) is 4.65. The average molecular weight is 356 g/mol. The van der Waals surface area contributed by atoms with Gasteiger partial charge in [0.05, 0.1) is 4.47 Å². The maximum absolute atomic E-state index is 13.6. The van der Waals surface area contributed by atoms with Crippen molar-refractivity contribution >= 4 is 15.9 Å². The summed E-state index contributed by atoms with van der Waals surface area (Å²) in [6.45, 7) is 4.96. The summed E-state index contributed by atoms with van der Waals surface area (Å²) in [6.07, 6.45) is 0. The first kappa shape index (κ1) is 15.9. The van der Waals surface area contributed by atoms with E-state index in [0.29, 0.717) is 10.2 Å². The van der Waals surface area contributed by atoms with Crippen molar-refractivity contribution in [3.8, 4) is 11.5 Å². The van der Waals surface area contributed by atoms with Crippen molar-refractivity contribution in [3.05, 3.63) is 58.1 Å². The Bertz CT molecular complexity index is 634. The average Bonchev–Trinajstić information content (AvgIpc) is 2.45. The van der Waals surface area contributed by atoms with Gasteiger partial charge in [0.25, 0.3) is 0 Å². The molecule has 2 aromatic carbocycles. The van der Waals surface area contributed by atoms with Gasteiger partial charge in [0.1, 0.15) is 11.6 Å². The highest BCUT2D eigenvalue weighted by molar-refractivity contribution is 9.10. The van der Waals surface area contributed by atoms with E-state index in [2.05, 4.69) is 28.2 Å². The molecule has 1 unspecified atom stereocenters. The lowest BCUT2D eigenvalue weighted by atomic mass is 10.1. The third-order valence-corrected chi connectivity index (χ3v) is 3.70. The minimum atomic E-state index is -0.603. The highest BCUT2D eigenvalue weighted by Gasteiger charge is 2.11. The van der Waals surface area contributed by atoms with E-state index in [9.17, 15) is 8.78 Å². The van der Waals surface area contributed by atoms with Gasteiger partial charge in [-0.1, -0.05) is 13.0 Å². The molecule has 2 rings (SSSR count). The van der Waals surface area contributed by atoms with Crippen LogP contribution in [0.1, 0.15) is 25.5 Å². The molecule has 5 heteroatoms. The molecule has 0 bridgehead atoms. The van der Waals surface area contributed by atoms with Gasteiger partial charge in [-0.3, -0.25) is 0 Å². The smallest absolute Gasteiger partial charge is 0.166 e. The Morgan fingerprint density at radius 1 is 1.14 bits per heavy atom. The summed E-state index contributed by atoms with van der Waals surface area (Å²) in [5.74, 6) is -0.844. The zero-order chi connectivity index (χ0) is 15.4. The number of benzene rings is 2. The normalized spacial score (nSPS) is 12.2. The summed E-state index contributed by atoms with van der Waals surface area (Å²) in [5.41, 5.74) is 1.08. The predicted octanol–water partition coefficient (Wildman–Crippen LogP) is 5.19. The second kappa shape index (κ2) is 7.00. The number of rotatable bonds is 5. The van der Waals surface area contributed by atoms with Gasteiger partial charge in [0.2, 0.25) is 0 Å². The van der Waals surface area contributed by atoms with Gasteiger partial charge >= 0.3 is 0 Å². The van der Waals surface area contributed by atoms with Crippen LogP contribution >= 0.6 is 15.9 Å². The van der Waals surface area contributed by atoms with E-state index in [1.54, 1.807) is 6.07 Å². The molecule has 0 fully saturated rings. The molecule has 2 nitrogen and oxygen atoms in total. The molecule has 0 aliphatic carbocycles. The Morgan fingerprint density at radius 2 is 1.90 bits per heavy atom. The van der Waals surface area contributed by atoms with Gasteiger partial charge in [-0.05, 0) is 59.2 Å². The molecular formula is C16H16BrF2NO. The van der Waals surface area contributed by atoms with Crippen molar-refractivity contribution in [2.75, 3.05) is 6.54 Å². The molecular weight excluding hydrogens is 340 g/mol. The van der Waals surface area contributed by atoms with Crippen LogP contribution in [-0.2, 0) is 0 Å². The van der Waals surface area contributed by atoms with E-state index < -0.39 is 11.6 Å². The predicted molar refractivity (Wildman–Crippen MR) is 82.7 cm³/mol. The van der Waals surface area contributed by atoms with Crippen LogP contribution in [-0.4, -0.2) is 6.54 Å². The zero-order valence-electron chi connectivity index (χ0n) is 11.8. The largest absolute Gasteiger partial charge is 0.453 e. The lowest BCUT2D eigenvalue weighted by Gasteiger charge is -2.15. The topological polar surface area (TPSA) is 21.3 Å². The molecule has 0 spiro atoms. The molecule has 21 heavy (non-hydrogen) atoms. The van der Waals surface area contributed by atoms with Gasteiger partial charge in [0.15, 0.2) is 11.6 Å². The molecule has 1 atom stereocenters. The van der Waals surface area contributed by atoms with Crippen LogP contribution < -0.4 is 10.1 Å². The Kier molecular flexibility index (Phi) is 5.31. The standard InChI is InChI=1S/C16H16BrF2NO/c1-3-20-10(2)11-4-7-15(13(17)8-11)21-16-9-12(18)5-6-14(16)19/h4-10,20H,3H2,1-2H3.